The largest absolute Gasteiger partial charge is 0.268 e. The number of para-hydroxylation sites is 1. The number of aromatic nitrogens is 2. The van der Waals surface area contributed by atoms with Gasteiger partial charge in [0.05, 0.1) is 16.6 Å². The molecule has 0 saturated heterocycles. The zero-order valence-electron chi connectivity index (χ0n) is 11.4. The van der Waals surface area contributed by atoms with Crippen molar-refractivity contribution < 1.29 is 4.39 Å². The standard InChI is InChI=1S/C16H13FN2OS/c1-2-21-16-18-14-6-4-3-5-13(14)15(20)19(16)12-9-7-11(17)8-10-12/h3-10H,2H2,1H3. The van der Waals surface area contributed by atoms with Gasteiger partial charge in [0.25, 0.3) is 5.56 Å². The molecule has 0 aliphatic rings. The molecule has 1 heterocycles. The Morgan fingerprint density at radius 2 is 1.86 bits per heavy atom. The number of hydrogen-bond acceptors (Lipinski definition) is 3. The van der Waals surface area contributed by atoms with E-state index in [0.717, 1.165) is 5.75 Å². The SMILES string of the molecule is CCSc1nc2ccccc2c(=O)n1-c1ccc(F)cc1. The minimum absolute atomic E-state index is 0.136. The highest BCUT2D eigenvalue weighted by Gasteiger charge is 2.12. The van der Waals surface area contributed by atoms with Crippen LogP contribution in [0.15, 0.2) is 58.5 Å². The Bertz CT molecular complexity index is 843. The summed E-state index contributed by atoms with van der Waals surface area (Å²) in [6, 6.07) is 13.1. The fourth-order valence-electron chi connectivity index (χ4n) is 2.16. The molecule has 0 fully saturated rings. The van der Waals surface area contributed by atoms with Gasteiger partial charge in [-0.1, -0.05) is 30.8 Å². The highest BCUT2D eigenvalue weighted by Crippen LogP contribution is 2.21. The maximum Gasteiger partial charge on any atom is 0.266 e. The van der Waals surface area contributed by atoms with Crippen molar-refractivity contribution in [1.29, 1.82) is 0 Å². The Hall–Kier alpha value is -2.14. The van der Waals surface area contributed by atoms with Crippen molar-refractivity contribution in [2.45, 2.75) is 12.1 Å². The van der Waals surface area contributed by atoms with Gasteiger partial charge in [0.2, 0.25) is 0 Å². The molecule has 0 radical (unpaired) electrons. The van der Waals surface area contributed by atoms with Crippen molar-refractivity contribution in [3.05, 3.63) is 64.7 Å². The van der Waals surface area contributed by atoms with Gasteiger partial charge in [-0.15, -0.1) is 0 Å². The summed E-state index contributed by atoms with van der Waals surface area (Å²) in [6.45, 7) is 2.00. The number of halogens is 1. The van der Waals surface area contributed by atoms with Gasteiger partial charge in [0.15, 0.2) is 5.16 Å². The minimum Gasteiger partial charge on any atom is -0.268 e. The van der Waals surface area contributed by atoms with Gasteiger partial charge >= 0.3 is 0 Å². The molecule has 5 heteroatoms. The topological polar surface area (TPSA) is 34.9 Å². The van der Waals surface area contributed by atoms with Crippen LogP contribution < -0.4 is 5.56 Å². The number of thioether (sulfide) groups is 1. The molecule has 21 heavy (non-hydrogen) atoms. The van der Waals surface area contributed by atoms with Crippen LogP contribution in [0.25, 0.3) is 16.6 Å². The highest BCUT2D eigenvalue weighted by atomic mass is 32.2. The van der Waals surface area contributed by atoms with E-state index in [0.29, 0.717) is 21.7 Å². The second-order valence-corrected chi connectivity index (χ2v) is 5.69. The molecule has 0 atom stereocenters. The lowest BCUT2D eigenvalue weighted by Gasteiger charge is -2.12. The second-order valence-electron chi connectivity index (χ2n) is 4.46. The zero-order valence-corrected chi connectivity index (χ0v) is 12.2. The van der Waals surface area contributed by atoms with Crippen LogP contribution in [0.1, 0.15) is 6.92 Å². The van der Waals surface area contributed by atoms with Crippen molar-refractivity contribution in [3.8, 4) is 5.69 Å². The van der Waals surface area contributed by atoms with Crippen LogP contribution >= 0.6 is 11.8 Å². The van der Waals surface area contributed by atoms with Crippen molar-refractivity contribution >= 4 is 22.7 Å². The van der Waals surface area contributed by atoms with Crippen LogP contribution in [0.5, 0.6) is 0 Å². The van der Waals surface area contributed by atoms with Gasteiger partial charge in [0.1, 0.15) is 5.82 Å². The fourth-order valence-corrected chi connectivity index (χ4v) is 2.89. The Labute approximate surface area is 125 Å². The molecule has 0 saturated carbocycles. The van der Waals surface area contributed by atoms with Crippen molar-refractivity contribution in [3.63, 3.8) is 0 Å². The van der Waals surface area contributed by atoms with E-state index in [-0.39, 0.29) is 11.4 Å². The number of fused-ring (bicyclic) bond motifs is 1. The molecule has 0 aliphatic heterocycles. The molecule has 0 aliphatic carbocycles. The van der Waals surface area contributed by atoms with Gasteiger partial charge in [-0.05, 0) is 42.2 Å². The molecule has 3 aromatic rings. The molecule has 3 nitrogen and oxygen atoms in total. The minimum atomic E-state index is -0.328. The number of hydrogen-bond donors (Lipinski definition) is 0. The lowest BCUT2D eigenvalue weighted by Crippen LogP contribution is -2.21. The van der Waals surface area contributed by atoms with Crippen molar-refractivity contribution in [2.75, 3.05) is 5.75 Å². The van der Waals surface area contributed by atoms with Gasteiger partial charge in [-0.3, -0.25) is 9.36 Å². The van der Waals surface area contributed by atoms with E-state index in [9.17, 15) is 9.18 Å². The van der Waals surface area contributed by atoms with E-state index in [1.165, 1.54) is 28.5 Å². The van der Waals surface area contributed by atoms with Crippen LogP contribution in [-0.4, -0.2) is 15.3 Å². The third-order valence-corrected chi connectivity index (χ3v) is 3.92. The Morgan fingerprint density at radius 1 is 1.14 bits per heavy atom. The molecule has 3 rings (SSSR count). The lowest BCUT2D eigenvalue weighted by molar-refractivity contribution is 0.627. The average molecular weight is 300 g/mol. The molecule has 0 N–H and O–H groups in total. The first-order chi connectivity index (χ1) is 10.2. The Kier molecular flexibility index (Phi) is 3.75. The predicted molar refractivity (Wildman–Crippen MR) is 83.7 cm³/mol. The summed E-state index contributed by atoms with van der Waals surface area (Å²) in [5, 5.41) is 1.18. The van der Waals surface area contributed by atoms with Crippen LogP contribution in [0.2, 0.25) is 0 Å². The van der Waals surface area contributed by atoms with E-state index in [2.05, 4.69) is 4.98 Å². The van der Waals surface area contributed by atoms with E-state index in [1.807, 2.05) is 25.1 Å². The quantitative estimate of drug-likeness (QED) is 0.547. The first-order valence-electron chi connectivity index (χ1n) is 6.61. The molecule has 1 aromatic heterocycles. The maximum absolute atomic E-state index is 13.1. The van der Waals surface area contributed by atoms with E-state index in [4.69, 9.17) is 0 Å². The van der Waals surface area contributed by atoms with Crippen LogP contribution in [-0.2, 0) is 0 Å². The summed E-state index contributed by atoms with van der Waals surface area (Å²) >= 11 is 1.49. The number of nitrogens with zero attached hydrogens (tertiary/aromatic N) is 2. The van der Waals surface area contributed by atoms with Crippen molar-refractivity contribution in [2.24, 2.45) is 0 Å². The Morgan fingerprint density at radius 3 is 2.57 bits per heavy atom. The molecular formula is C16H13FN2OS. The second kappa shape index (κ2) is 5.69. The molecular weight excluding hydrogens is 287 g/mol. The van der Waals surface area contributed by atoms with Crippen molar-refractivity contribution in [1.82, 2.24) is 9.55 Å². The van der Waals surface area contributed by atoms with E-state index in [1.54, 1.807) is 18.2 Å². The van der Waals surface area contributed by atoms with Crippen LogP contribution in [0, 0.1) is 5.82 Å². The summed E-state index contributed by atoms with van der Waals surface area (Å²) in [5.41, 5.74) is 1.16. The summed E-state index contributed by atoms with van der Waals surface area (Å²) in [6.07, 6.45) is 0. The summed E-state index contributed by atoms with van der Waals surface area (Å²) < 4.78 is 14.6. The normalized spacial score (nSPS) is 11.0. The van der Waals surface area contributed by atoms with Gasteiger partial charge in [-0.2, -0.15) is 0 Å². The fraction of sp³-hybridized carbons (Fsp3) is 0.125. The first-order valence-corrected chi connectivity index (χ1v) is 7.60. The number of benzene rings is 2. The van der Waals surface area contributed by atoms with E-state index >= 15 is 0 Å². The molecule has 0 unspecified atom stereocenters. The van der Waals surface area contributed by atoms with Crippen LogP contribution in [0.3, 0.4) is 0 Å². The van der Waals surface area contributed by atoms with Gasteiger partial charge in [-0.25, -0.2) is 9.37 Å². The molecule has 0 spiro atoms. The third-order valence-electron chi connectivity index (χ3n) is 3.10. The highest BCUT2D eigenvalue weighted by molar-refractivity contribution is 7.99. The Balaban J connectivity index is 2.33. The third kappa shape index (κ3) is 2.56. The molecule has 0 amide bonds. The monoisotopic (exact) mass is 300 g/mol. The number of rotatable bonds is 3. The van der Waals surface area contributed by atoms with E-state index < -0.39 is 0 Å². The van der Waals surface area contributed by atoms with Crippen LogP contribution in [0.4, 0.5) is 4.39 Å². The maximum atomic E-state index is 13.1. The van der Waals surface area contributed by atoms with Gasteiger partial charge in [0, 0.05) is 0 Å². The zero-order chi connectivity index (χ0) is 14.8. The smallest absolute Gasteiger partial charge is 0.266 e. The molecule has 0 bridgehead atoms. The average Bonchev–Trinajstić information content (AvgIpc) is 2.49. The molecule has 106 valence electrons. The summed E-state index contributed by atoms with van der Waals surface area (Å²) in [5.74, 6) is 0.469. The molecule has 2 aromatic carbocycles. The lowest BCUT2D eigenvalue weighted by atomic mass is 10.2. The summed E-state index contributed by atoms with van der Waals surface area (Å²) in [4.78, 5) is 17.3. The summed E-state index contributed by atoms with van der Waals surface area (Å²) in [7, 11) is 0. The van der Waals surface area contributed by atoms with Gasteiger partial charge < -0.3 is 0 Å². The predicted octanol–water partition coefficient (Wildman–Crippen LogP) is 3.64. The first kappa shape index (κ1) is 13.8.